The van der Waals surface area contributed by atoms with Gasteiger partial charge < -0.3 is 23.9 Å². The van der Waals surface area contributed by atoms with E-state index in [2.05, 4.69) is 26.3 Å². The number of aromatic nitrogens is 2. The van der Waals surface area contributed by atoms with E-state index >= 15 is 0 Å². The summed E-state index contributed by atoms with van der Waals surface area (Å²) in [7, 11) is 1.58. The summed E-state index contributed by atoms with van der Waals surface area (Å²) in [4.78, 5) is 31.0. The number of nitrogens with one attached hydrogen (secondary N) is 1. The van der Waals surface area contributed by atoms with E-state index in [0.717, 1.165) is 5.39 Å². The Labute approximate surface area is 276 Å². The maximum atomic E-state index is 13.7. The van der Waals surface area contributed by atoms with E-state index in [4.69, 9.17) is 35.2 Å². The van der Waals surface area contributed by atoms with Gasteiger partial charge in [-0.1, -0.05) is 29.8 Å². The summed E-state index contributed by atoms with van der Waals surface area (Å²) in [5, 5.41) is 9.01. The highest BCUT2D eigenvalue weighted by Crippen LogP contribution is 2.35. The number of anilines is 1. The van der Waals surface area contributed by atoms with E-state index in [9.17, 15) is 9.59 Å². The number of amides is 1. The maximum Gasteiger partial charge on any atom is 0.282 e. The highest BCUT2D eigenvalue weighted by molar-refractivity contribution is 9.10. The Hall–Kier alpha value is -5.13. The van der Waals surface area contributed by atoms with Crippen LogP contribution in [0, 0.1) is 0 Å². The lowest BCUT2D eigenvalue weighted by atomic mass is 10.2. The number of rotatable bonds is 10. The van der Waals surface area contributed by atoms with Gasteiger partial charge in [0, 0.05) is 20.7 Å². The molecular formula is C34H26BrClN4O6. The van der Waals surface area contributed by atoms with Crippen LogP contribution in [-0.2, 0) is 4.79 Å². The van der Waals surface area contributed by atoms with Crippen LogP contribution >= 0.6 is 27.5 Å². The fraction of sp³-hybridized carbons (Fsp3) is 0.118. The van der Waals surface area contributed by atoms with Gasteiger partial charge in [0.05, 0.1) is 36.2 Å². The van der Waals surface area contributed by atoms with E-state index in [1.54, 1.807) is 67.8 Å². The highest BCUT2D eigenvalue weighted by atomic mass is 79.9. The topological polar surface area (TPSA) is 117 Å². The Bertz CT molecular complexity index is 2160. The highest BCUT2D eigenvalue weighted by Gasteiger charge is 2.18. The molecule has 6 aromatic rings. The number of methoxy groups -OCH3 is 1. The molecule has 10 nitrogen and oxygen atoms in total. The van der Waals surface area contributed by atoms with Gasteiger partial charge in [-0.05, 0) is 89.6 Å². The molecule has 1 amide bonds. The van der Waals surface area contributed by atoms with Gasteiger partial charge in [-0.2, -0.15) is 9.78 Å². The number of nitrogens with zero attached hydrogens (tertiary/aromatic N) is 3. The van der Waals surface area contributed by atoms with Crippen LogP contribution in [0.2, 0.25) is 5.02 Å². The Morgan fingerprint density at radius 2 is 1.78 bits per heavy atom. The largest absolute Gasteiger partial charge is 0.496 e. The first kappa shape index (κ1) is 30.9. The molecule has 2 heterocycles. The zero-order valence-corrected chi connectivity index (χ0v) is 27.0. The second-order valence-electron chi connectivity index (χ2n) is 9.89. The van der Waals surface area contributed by atoms with Gasteiger partial charge in [0.2, 0.25) is 5.82 Å². The van der Waals surface area contributed by atoms with Crippen molar-refractivity contribution in [3.05, 3.63) is 110 Å². The van der Waals surface area contributed by atoms with Gasteiger partial charge in [0.25, 0.3) is 11.5 Å². The van der Waals surface area contributed by atoms with Crippen molar-refractivity contribution in [1.82, 2.24) is 9.66 Å². The minimum atomic E-state index is -0.378. The normalized spacial score (nSPS) is 11.3. The molecule has 12 heteroatoms. The summed E-state index contributed by atoms with van der Waals surface area (Å²) in [6.45, 7) is 1.92. The van der Waals surface area contributed by atoms with Crippen LogP contribution in [0.1, 0.15) is 12.5 Å². The summed E-state index contributed by atoms with van der Waals surface area (Å²) in [5.74, 6) is 1.56. The molecule has 6 rings (SSSR count). The summed E-state index contributed by atoms with van der Waals surface area (Å²) >= 11 is 9.48. The molecule has 0 unspecified atom stereocenters. The predicted octanol–water partition coefficient (Wildman–Crippen LogP) is 7.53. The number of ether oxygens (including phenoxy) is 3. The minimum Gasteiger partial charge on any atom is -0.496 e. The van der Waals surface area contributed by atoms with Crippen molar-refractivity contribution in [3.8, 4) is 28.8 Å². The number of hydrogen-bond donors (Lipinski definition) is 1. The molecular weight excluding hydrogens is 676 g/mol. The number of halogens is 2. The molecule has 0 aliphatic carbocycles. The third-order valence-electron chi connectivity index (χ3n) is 6.88. The van der Waals surface area contributed by atoms with Crippen LogP contribution in [0.15, 0.2) is 104 Å². The number of fused-ring (bicyclic) bond motifs is 2. The molecule has 232 valence electrons. The molecule has 0 bridgehead atoms. The Morgan fingerprint density at radius 1 is 1.00 bits per heavy atom. The van der Waals surface area contributed by atoms with Gasteiger partial charge in [-0.3, -0.25) is 9.59 Å². The van der Waals surface area contributed by atoms with Gasteiger partial charge in [0.15, 0.2) is 23.9 Å². The fourth-order valence-corrected chi connectivity index (χ4v) is 5.29. The van der Waals surface area contributed by atoms with Gasteiger partial charge in [-0.15, -0.1) is 0 Å². The lowest BCUT2D eigenvalue weighted by Crippen LogP contribution is -2.20. The summed E-state index contributed by atoms with van der Waals surface area (Å²) in [6.07, 6.45) is 1.51. The van der Waals surface area contributed by atoms with E-state index in [1.807, 2.05) is 31.2 Å². The van der Waals surface area contributed by atoms with Crippen molar-refractivity contribution in [2.75, 3.05) is 25.6 Å². The first-order valence-electron chi connectivity index (χ1n) is 14.1. The van der Waals surface area contributed by atoms with E-state index < -0.39 is 0 Å². The molecule has 4 aromatic carbocycles. The Morgan fingerprint density at radius 3 is 2.57 bits per heavy atom. The van der Waals surface area contributed by atoms with Gasteiger partial charge in [0.1, 0.15) is 11.3 Å². The number of carbonyl (C=O) groups is 1. The first-order valence-corrected chi connectivity index (χ1v) is 15.3. The summed E-state index contributed by atoms with van der Waals surface area (Å²) in [5.41, 5.74) is 1.88. The van der Waals surface area contributed by atoms with Crippen LogP contribution in [-0.4, -0.2) is 42.1 Å². The van der Waals surface area contributed by atoms with Crippen molar-refractivity contribution < 1.29 is 23.4 Å². The standard InChI is InChI=1S/C34H26BrClN4O6/c1-3-44-29-15-20(25(35)17-30(29)45-19-32(41)38-22-13-11-21(36)12-14-22)18-37-40-33(39-26-8-5-4-7-23(26)34(40)42)31-16-24-27(43-2)9-6-10-28(24)46-31/h4-18H,3,19H2,1-2H3,(H,38,41). The molecule has 2 aromatic heterocycles. The number of carbonyl (C=O) groups excluding carboxylic acids is 1. The van der Waals surface area contributed by atoms with Crippen LogP contribution in [0.25, 0.3) is 33.5 Å². The molecule has 0 saturated carbocycles. The molecule has 0 saturated heterocycles. The van der Waals surface area contributed by atoms with E-state index in [0.29, 0.717) is 66.8 Å². The third kappa shape index (κ3) is 6.46. The minimum absolute atomic E-state index is 0.214. The molecule has 0 atom stereocenters. The molecule has 0 aliphatic heterocycles. The van der Waals surface area contributed by atoms with E-state index in [1.165, 1.54) is 10.9 Å². The van der Waals surface area contributed by atoms with Crippen molar-refractivity contribution in [2.45, 2.75) is 6.92 Å². The lowest BCUT2D eigenvalue weighted by molar-refractivity contribution is -0.118. The van der Waals surface area contributed by atoms with Crippen molar-refractivity contribution >= 4 is 67.2 Å². The number of benzene rings is 4. The second kappa shape index (κ2) is 13.5. The predicted molar refractivity (Wildman–Crippen MR) is 182 cm³/mol. The molecule has 0 radical (unpaired) electrons. The SMILES string of the molecule is CCOc1cc(C=Nn2c(-c3cc4c(OC)cccc4o3)nc3ccccc3c2=O)c(Br)cc1OCC(=O)Nc1ccc(Cl)cc1. The summed E-state index contributed by atoms with van der Waals surface area (Å²) in [6, 6.07) is 24.4. The van der Waals surface area contributed by atoms with Crippen molar-refractivity contribution in [1.29, 1.82) is 0 Å². The van der Waals surface area contributed by atoms with Gasteiger partial charge >= 0.3 is 0 Å². The summed E-state index contributed by atoms with van der Waals surface area (Å²) < 4.78 is 25.0. The van der Waals surface area contributed by atoms with Crippen molar-refractivity contribution in [2.24, 2.45) is 5.10 Å². The average molecular weight is 702 g/mol. The number of hydrogen-bond acceptors (Lipinski definition) is 8. The molecule has 46 heavy (non-hydrogen) atoms. The first-order chi connectivity index (χ1) is 22.3. The molecule has 0 aliphatic rings. The molecule has 0 spiro atoms. The maximum absolute atomic E-state index is 13.7. The third-order valence-corrected chi connectivity index (χ3v) is 7.82. The number of para-hydroxylation sites is 1. The Balaban J connectivity index is 1.34. The quantitative estimate of drug-likeness (QED) is 0.147. The second-order valence-corrected chi connectivity index (χ2v) is 11.2. The van der Waals surface area contributed by atoms with Gasteiger partial charge in [-0.25, -0.2) is 4.98 Å². The monoisotopic (exact) mass is 700 g/mol. The van der Waals surface area contributed by atoms with Crippen LogP contribution < -0.4 is 25.1 Å². The fourth-order valence-electron chi connectivity index (χ4n) is 4.74. The zero-order chi connectivity index (χ0) is 32.2. The van der Waals surface area contributed by atoms with Crippen molar-refractivity contribution in [3.63, 3.8) is 0 Å². The molecule has 1 N–H and O–H groups in total. The zero-order valence-electron chi connectivity index (χ0n) is 24.6. The Kier molecular flexibility index (Phi) is 9.04. The number of furan rings is 1. The van der Waals surface area contributed by atoms with Crippen LogP contribution in [0.4, 0.5) is 5.69 Å². The van der Waals surface area contributed by atoms with E-state index in [-0.39, 0.29) is 23.9 Å². The smallest absolute Gasteiger partial charge is 0.282 e. The molecule has 0 fully saturated rings. The average Bonchev–Trinajstić information content (AvgIpc) is 3.50. The van der Waals surface area contributed by atoms with Crippen LogP contribution in [0.3, 0.4) is 0 Å². The van der Waals surface area contributed by atoms with Crippen LogP contribution in [0.5, 0.6) is 17.2 Å². The lowest BCUT2D eigenvalue weighted by Gasteiger charge is -2.14.